The highest BCUT2D eigenvalue weighted by Crippen LogP contribution is 2.26. The molecule has 3 rings (SSSR count). The smallest absolute Gasteiger partial charge is 0.302 e. The first-order valence-corrected chi connectivity index (χ1v) is 7.38. The van der Waals surface area contributed by atoms with Crippen molar-refractivity contribution in [1.29, 1.82) is 0 Å². The Morgan fingerprint density at radius 3 is 2.80 bits per heavy atom. The summed E-state index contributed by atoms with van der Waals surface area (Å²) in [7, 11) is 0. The van der Waals surface area contributed by atoms with E-state index in [-0.39, 0.29) is 24.0 Å². The van der Waals surface area contributed by atoms with Crippen LogP contribution in [0.3, 0.4) is 0 Å². The molecule has 25 heavy (non-hydrogen) atoms. The van der Waals surface area contributed by atoms with Gasteiger partial charge < -0.3 is 19.6 Å². The predicted molar refractivity (Wildman–Crippen MR) is 88.1 cm³/mol. The van der Waals surface area contributed by atoms with E-state index in [1.54, 1.807) is 18.2 Å². The average Bonchev–Trinajstić information content (AvgIpc) is 2.58. The fourth-order valence-electron chi connectivity index (χ4n) is 2.27. The van der Waals surface area contributed by atoms with Gasteiger partial charge in [-0.15, -0.1) is 0 Å². The number of aliphatic hydroxyl groups is 1. The number of rotatable bonds is 4. The Morgan fingerprint density at radius 2 is 2.08 bits per heavy atom. The van der Waals surface area contributed by atoms with E-state index in [9.17, 15) is 14.4 Å². The number of hydrogen-bond acceptors (Lipinski definition) is 7. The Labute approximate surface area is 141 Å². The van der Waals surface area contributed by atoms with Crippen molar-refractivity contribution < 1.29 is 23.8 Å². The quantitative estimate of drug-likeness (QED) is 0.541. The van der Waals surface area contributed by atoms with Crippen molar-refractivity contribution in [1.82, 2.24) is 4.98 Å². The van der Waals surface area contributed by atoms with Gasteiger partial charge in [0.1, 0.15) is 24.4 Å². The van der Waals surface area contributed by atoms with Crippen molar-refractivity contribution in [2.24, 2.45) is 0 Å². The molecule has 1 aliphatic heterocycles. The number of hydrogen-bond donors (Lipinski definition) is 2. The molecule has 0 aromatic heterocycles. The van der Waals surface area contributed by atoms with Gasteiger partial charge in [-0.05, 0) is 23.8 Å². The van der Waals surface area contributed by atoms with Crippen LogP contribution in [0.25, 0.3) is 22.6 Å². The normalized spacial score (nSPS) is 10.8. The molecule has 1 amide bonds. The van der Waals surface area contributed by atoms with Gasteiger partial charge in [0, 0.05) is 13.0 Å². The molecule has 1 aliphatic carbocycles. The third-order valence-electron chi connectivity index (χ3n) is 3.41. The zero-order valence-electron chi connectivity index (χ0n) is 13.2. The topological polar surface area (TPSA) is 119 Å². The minimum Gasteiger partial charge on any atom is -0.461 e. The summed E-state index contributed by atoms with van der Waals surface area (Å²) < 4.78 is 10.6. The van der Waals surface area contributed by atoms with Crippen LogP contribution in [0, 0.1) is 0 Å². The number of nitrogens with zero attached hydrogens (tertiary/aromatic N) is 1. The molecular formula is C17H14N2O6. The number of carbonyl (C=O) groups is 2. The van der Waals surface area contributed by atoms with Gasteiger partial charge in [-0.3, -0.25) is 14.4 Å². The Kier molecular flexibility index (Phi) is 4.44. The number of aromatic nitrogens is 1. The zero-order valence-corrected chi connectivity index (χ0v) is 13.2. The van der Waals surface area contributed by atoms with Crippen LogP contribution in [0.1, 0.15) is 12.5 Å². The zero-order chi connectivity index (χ0) is 18.0. The molecule has 2 N–H and O–H groups in total. The maximum absolute atomic E-state index is 12.0. The van der Waals surface area contributed by atoms with E-state index in [2.05, 4.69) is 10.3 Å². The number of fused-ring (bicyclic) bond motifs is 2. The first kappa shape index (κ1) is 16.6. The van der Waals surface area contributed by atoms with Crippen LogP contribution in [-0.2, 0) is 20.9 Å². The van der Waals surface area contributed by atoms with Crippen LogP contribution in [0.2, 0.25) is 0 Å². The van der Waals surface area contributed by atoms with Crippen molar-refractivity contribution >= 4 is 28.7 Å². The molecule has 128 valence electrons. The predicted octanol–water partition coefficient (Wildman–Crippen LogP) is 1.29. The van der Waals surface area contributed by atoms with Crippen molar-refractivity contribution in [3.05, 3.63) is 46.1 Å². The molecule has 0 saturated heterocycles. The summed E-state index contributed by atoms with van der Waals surface area (Å²) in [6.45, 7) is 0.708. The van der Waals surface area contributed by atoms with Crippen molar-refractivity contribution in [3.63, 3.8) is 0 Å². The van der Waals surface area contributed by atoms with Crippen LogP contribution < -0.4 is 10.7 Å². The minimum absolute atomic E-state index is 0.00432. The summed E-state index contributed by atoms with van der Waals surface area (Å²) in [5, 5.41) is 11.1. The van der Waals surface area contributed by atoms with Gasteiger partial charge in [0.15, 0.2) is 11.3 Å². The molecule has 0 unspecified atom stereocenters. The summed E-state index contributed by atoms with van der Waals surface area (Å²) in [6.07, 6.45) is 0. The van der Waals surface area contributed by atoms with Crippen LogP contribution >= 0.6 is 0 Å². The molecule has 0 radical (unpaired) electrons. The van der Waals surface area contributed by atoms with E-state index in [1.165, 1.54) is 19.1 Å². The molecule has 1 aromatic rings. The number of benzene rings is 2. The molecule has 8 heteroatoms. The van der Waals surface area contributed by atoms with E-state index in [1.807, 2.05) is 0 Å². The van der Waals surface area contributed by atoms with E-state index < -0.39 is 17.9 Å². The number of esters is 1. The molecule has 8 nitrogen and oxygen atoms in total. The van der Waals surface area contributed by atoms with Gasteiger partial charge >= 0.3 is 5.97 Å². The second kappa shape index (κ2) is 6.70. The van der Waals surface area contributed by atoms with Crippen LogP contribution in [0.5, 0.6) is 0 Å². The largest absolute Gasteiger partial charge is 0.461 e. The fraction of sp³-hybridized carbons (Fsp3) is 0.176. The van der Waals surface area contributed by atoms with Gasteiger partial charge in [0.2, 0.25) is 11.3 Å². The molecule has 0 atom stereocenters. The third-order valence-corrected chi connectivity index (χ3v) is 3.41. The van der Waals surface area contributed by atoms with E-state index in [4.69, 9.17) is 14.3 Å². The lowest BCUT2D eigenvalue weighted by Gasteiger charge is -2.09. The number of aliphatic hydroxyl groups excluding tert-OH is 1. The van der Waals surface area contributed by atoms with Crippen LogP contribution in [0.4, 0.5) is 5.69 Å². The second-order valence-electron chi connectivity index (χ2n) is 5.32. The van der Waals surface area contributed by atoms with Crippen LogP contribution in [-0.4, -0.2) is 28.6 Å². The first-order valence-electron chi connectivity index (χ1n) is 7.38. The van der Waals surface area contributed by atoms with Crippen molar-refractivity contribution in [2.45, 2.75) is 13.5 Å². The van der Waals surface area contributed by atoms with Gasteiger partial charge in [0.05, 0.1) is 5.69 Å². The van der Waals surface area contributed by atoms with Gasteiger partial charge in [-0.2, -0.15) is 0 Å². The number of amides is 1. The average molecular weight is 342 g/mol. The Balaban J connectivity index is 2.04. The standard InChI is InChI=1S/C17H14N2O6/c1-9(21)24-8-10-2-3-15-12(4-10)18-13-5-11(19-17(23)7-20)14(22)6-16(13)25-15/h2-6,20H,7-8H2,1H3,(H,19,23). The lowest BCUT2D eigenvalue weighted by Crippen LogP contribution is -2.20. The van der Waals surface area contributed by atoms with E-state index in [0.717, 1.165) is 5.56 Å². The first-order chi connectivity index (χ1) is 12.0. The van der Waals surface area contributed by atoms with E-state index in [0.29, 0.717) is 16.8 Å². The fourth-order valence-corrected chi connectivity index (χ4v) is 2.27. The Bertz CT molecular complexity index is 994. The molecular weight excluding hydrogens is 328 g/mol. The van der Waals surface area contributed by atoms with Crippen molar-refractivity contribution in [3.8, 4) is 11.5 Å². The van der Waals surface area contributed by atoms with Gasteiger partial charge in [-0.1, -0.05) is 6.07 Å². The maximum Gasteiger partial charge on any atom is 0.302 e. The summed E-state index contributed by atoms with van der Waals surface area (Å²) >= 11 is 0. The lowest BCUT2D eigenvalue weighted by molar-refractivity contribution is -0.142. The highest BCUT2D eigenvalue weighted by Gasteiger charge is 2.14. The maximum atomic E-state index is 12.0. The highest BCUT2D eigenvalue weighted by molar-refractivity contribution is 5.92. The van der Waals surface area contributed by atoms with Gasteiger partial charge in [-0.25, -0.2) is 4.98 Å². The van der Waals surface area contributed by atoms with Gasteiger partial charge in [0.25, 0.3) is 0 Å². The number of carbonyl (C=O) groups excluding carboxylic acids is 2. The number of anilines is 1. The molecule has 0 fully saturated rings. The van der Waals surface area contributed by atoms with Crippen molar-refractivity contribution in [2.75, 3.05) is 11.9 Å². The third kappa shape index (κ3) is 3.64. The number of nitrogens with one attached hydrogen (secondary N) is 1. The molecule has 2 aliphatic rings. The summed E-state index contributed by atoms with van der Waals surface area (Å²) in [6, 6.07) is 7.72. The summed E-state index contributed by atoms with van der Waals surface area (Å²) in [5.41, 5.74) is 1.63. The number of ether oxygens (including phenoxy) is 1. The molecule has 0 saturated carbocycles. The molecule has 1 aromatic carbocycles. The molecule has 1 heterocycles. The molecule has 0 spiro atoms. The van der Waals surface area contributed by atoms with E-state index >= 15 is 0 Å². The summed E-state index contributed by atoms with van der Waals surface area (Å²) in [5.74, 6) is -0.812. The Morgan fingerprint density at radius 1 is 1.28 bits per heavy atom. The second-order valence-corrected chi connectivity index (χ2v) is 5.32. The highest BCUT2D eigenvalue weighted by atomic mass is 16.5. The monoisotopic (exact) mass is 342 g/mol. The SMILES string of the molecule is CC(=O)OCc1ccc2oc3cc(=O)c(NC(=O)CO)cc-3nc2c1. The molecule has 0 bridgehead atoms. The summed E-state index contributed by atoms with van der Waals surface area (Å²) in [4.78, 5) is 38.6. The Hall–Kier alpha value is -3.26. The van der Waals surface area contributed by atoms with Crippen LogP contribution in [0.15, 0.2) is 39.5 Å². The lowest BCUT2D eigenvalue weighted by atomic mass is 10.1. The minimum atomic E-state index is -0.730.